The van der Waals surface area contributed by atoms with Crippen LogP contribution in [-0.4, -0.2) is 37.5 Å². The lowest BCUT2D eigenvalue weighted by atomic mass is 10.1. The highest BCUT2D eigenvalue weighted by molar-refractivity contribution is 6.40. The molecule has 0 aromatic heterocycles. The topological polar surface area (TPSA) is 102 Å². The van der Waals surface area contributed by atoms with Crippen LogP contribution in [0.3, 0.4) is 0 Å². The fraction of sp³-hybridized carbons (Fsp3) is 0.100. The number of esters is 1. The maximum absolute atomic E-state index is 13.5. The minimum absolute atomic E-state index is 0.00461. The number of hydrogen-bond acceptors (Lipinski definition) is 6. The molecular formula is C20H13Cl2FN2O6. The van der Waals surface area contributed by atoms with Gasteiger partial charge in [-0.3, -0.25) is 14.9 Å². The van der Waals surface area contributed by atoms with E-state index >= 15 is 0 Å². The van der Waals surface area contributed by atoms with Crippen LogP contribution < -0.4 is 15.0 Å². The van der Waals surface area contributed by atoms with Crippen LogP contribution in [0, 0.1) is 5.82 Å². The van der Waals surface area contributed by atoms with Crippen molar-refractivity contribution in [3.05, 3.63) is 63.4 Å². The number of carbonyl (C=O) groups excluding carboxylic acids is 4. The summed E-state index contributed by atoms with van der Waals surface area (Å²) < 4.78 is 23.2. The number of imide groups is 2. The molecule has 11 heteroatoms. The first-order chi connectivity index (χ1) is 14.7. The summed E-state index contributed by atoms with van der Waals surface area (Å²) in [6.45, 7) is -0.429. The van der Waals surface area contributed by atoms with Gasteiger partial charge in [-0.1, -0.05) is 29.3 Å². The summed E-state index contributed by atoms with van der Waals surface area (Å²) in [5.74, 6) is -3.21. The average molecular weight is 467 g/mol. The molecule has 0 aliphatic carbocycles. The van der Waals surface area contributed by atoms with Gasteiger partial charge < -0.3 is 9.47 Å². The average Bonchev–Trinajstić information content (AvgIpc) is 2.70. The number of barbiturate groups is 1. The van der Waals surface area contributed by atoms with Crippen LogP contribution in [0.4, 0.5) is 14.9 Å². The Morgan fingerprint density at radius 2 is 1.84 bits per heavy atom. The normalized spacial score (nSPS) is 15.2. The molecule has 160 valence electrons. The molecule has 1 fully saturated rings. The number of carbonyl (C=O) groups is 4. The molecule has 4 amide bonds. The summed E-state index contributed by atoms with van der Waals surface area (Å²) in [7, 11) is 1.19. The molecule has 1 aliphatic heterocycles. The first-order valence-electron chi connectivity index (χ1n) is 8.57. The Kier molecular flexibility index (Phi) is 6.57. The molecule has 1 aliphatic rings. The van der Waals surface area contributed by atoms with Crippen LogP contribution >= 0.6 is 23.2 Å². The number of rotatable bonds is 5. The Balaban J connectivity index is 1.94. The van der Waals surface area contributed by atoms with Crippen LogP contribution in [0.5, 0.6) is 5.75 Å². The zero-order chi connectivity index (χ0) is 22.7. The van der Waals surface area contributed by atoms with Crippen LogP contribution in [0.25, 0.3) is 6.08 Å². The predicted molar refractivity (Wildman–Crippen MR) is 109 cm³/mol. The molecule has 1 N–H and O–H groups in total. The standard InChI is InChI=1S/C20H13Cl2FN2O6/c1-30-16(26)9-31-17-14(21)6-10(7-15(17)22)5-13-18(27)24-20(29)25(19(13)28)12-4-2-3-11(23)8-12/h2-8H,9H2,1H3,(H,24,27,29)/b13-5+. The molecule has 31 heavy (non-hydrogen) atoms. The van der Waals surface area contributed by atoms with Crippen molar-refractivity contribution in [1.82, 2.24) is 5.32 Å². The van der Waals surface area contributed by atoms with Crippen molar-refractivity contribution in [2.45, 2.75) is 0 Å². The summed E-state index contributed by atoms with van der Waals surface area (Å²) in [4.78, 5) is 49.1. The number of halogens is 3. The third-order valence-electron chi connectivity index (χ3n) is 4.06. The molecule has 0 unspecified atom stereocenters. The highest BCUT2D eigenvalue weighted by atomic mass is 35.5. The maximum atomic E-state index is 13.5. The second-order valence-corrected chi connectivity index (χ2v) is 6.93. The lowest BCUT2D eigenvalue weighted by Crippen LogP contribution is -2.54. The number of methoxy groups -OCH3 is 1. The van der Waals surface area contributed by atoms with E-state index in [1.807, 2.05) is 5.32 Å². The number of benzene rings is 2. The van der Waals surface area contributed by atoms with Crippen molar-refractivity contribution < 1.29 is 33.0 Å². The van der Waals surface area contributed by atoms with Crippen LogP contribution in [0.15, 0.2) is 42.0 Å². The van der Waals surface area contributed by atoms with Gasteiger partial charge in [0.25, 0.3) is 11.8 Å². The molecule has 0 atom stereocenters. The Morgan fingerprint density at radius 1 is 1.16 bits per heavy atom. The Morgan fingerprint density at radius 3 is 2.45 bits per heavy atom. The molecule has 0 saturated carbocycles. The number of nitrogens with zero attached hydrogens (tertiary/aromatic N) is 1. The number of urea groups is 1. The summed E-state index contributed by atoms with van der Waals surface area (Å²) in [6, 6.07) is 6.46. The number of nitrogens with one attached hydrogen (secondary N) is 1. The van der Waals surface area contributed by atoms with E-state index in [2.05, 4.69) is 4.74 Å². The Labute approximate surface area is 185 Å². The van der Waals surface area contributed by atoms with E-state index < -0.39 is 41.8 Å². The van der Waals surface area contributed by atoms with Gasteiger partial charge in [-0.05, 0) is 42.0 Å². The van der Waals surface area contributed by atoms with E-state index in [1.165, 1.54) is 31.4 Å². The predicted octanol–water partition coefficient (Wildman–Crippen LogP) is 3.35. The van der Waals surface area contributed by atoms with Gasteiger partial charge >= 0.3 is 12.0 Å². The summed E-state index contributed by atoms with van der Waals surface area (Å²) >= 11 is 12.3. The van der Waals surface area contributed by atoms with Crippen molar-refractivity contribution in [3.63, 3.8) is 0 Å². The molecule has 0 radical (unpaired) electrons. The third kappa shape index (κ3) is 4.84. The summed E-state index contributed by atoms with van der Waals surface area (Å²) in [6.07, 6.45) is 1.16. The molecule has 8 nitrogen and oxygen atoms in total. The molecule has 3 rings (SSSR count). The fourth-order valence-corrected chi connectivity index (χ4v) is 3.28. The Hall–Kier alpha value is -3.43. The van der Waals surface area contributed by atoms with Crippen molar-refractivity contribution in [1.29, 1.82) is 0 Å². The molecule has 2 aromatic rings. The van der Waals surface area contributed by atoms with E-state index in [0.717, 1.165) is 18.2 Å². The Bertz CT molecular complexity index is 1110. The molecule has 2 aromatic carbocycles. The SMILES string of the molecule is COC(=O)COc1c(Cl)cc(/C=C2\C(=O)NC(=O)N(c3cccc(F)c3)C2=O)cc1Cl. The smallest absolute Gasteiger partial charge is 0.343 e. The first-order valence-corrected chi connectivity index (χ1v) is 9.32. The van der Waals surface area contributed by atoms with Crippen LogP contribution in [0.2, 0.25) is 10.0 Å². The van der Waals surface area contributed by atoms with Gasteiger partial charge in [0.2, 0.25) is 0 Å². The lowest BCUT2D eigenvalue weighted by Gasteiger charge is -2.26. The minimum Gasteiger partial charge on any atom is -0.479 e. The van der Waals surface area contributed by atoms with Gasteiger partial charge in [-0.15, -0.1) is 0 Å². The minimum atomic E-state index is -1.01. The monoisotopic (exact) mass is 466 g/mol. The number of ether oxygens (including phenoxy) is 2. The fourth-order valence-electron chi connectivity index (χ4n) is 2.66. The summed E-state index contributed by atoms with van der Waals surface area (Å²) in [5.41, 5.74) is -0.213. The molecule has 0 spiro atoms. The molecule has 1 saturated heterocycles. The summed E-state index contributed by atoms with van der Waals surface area (Å²) in [5, 5.41) is 2.03. The van der Waals surface area contributed by atoms with Gasteiger partial charge in [-0.25, -0.2) is 18.9 Å². The van der Waals surface area contributed by atoms with Crippen molar-refractivity contribution >= 4 is 58.8 Å². The highest BCUT2D eigenvalue weighted by Crippen LogP contribution is 2.35. The number of anilines is 1. The first kappa shape index (κ1) is 22.3. The second kappa shape index (κ2) is 9.15. The number of amides is 4. The lowest BCUT2D eigenvalue weighted by molar-refractivity contribution is -0.143. The van der Waals surface area contributed by atoms with Gasteiger partial charge in [0, 0.05) is 0 Å². The van der Waals surface area contributed by atoms with Gasteiger partial charge in [0.05, 0.1) is 22.8 Å². The number of hydrogen-bond donors (Lipinski definition) is 1. The van der Waals surface area contributed by atoms with E-state index in [1.54, 1.807) is 0 Å². The molecule has 0 bridgehead atoms. The van der Waals surface area contributed by atoms with Crippen LogP contribution in [-0.2, 0) is 19.1 Å². The molecular weight excluding hydrogens is 454 g/mol. The van der Waals surface area contributed by atoms with Gasteiger partial charge in [0.15, 0.2) is 12.4 Å². The molecule has 1 heterocycles. The second-order valence-electron chi connectivity index (χ2n) is 6.12. The highest BCUT2D eigenvalue weighted by Gasteiger charge is 2.37. The van der Waals surface area contributed by atoms with Crippen molar-refractivity contribution in [2.24, 2.45) is 0 Å². The van der Waals surface area contributed by atoms with Crippen molar-refractivity contribution in [2.75, 3.05) is 18.6 Å². The van der Waals surface area contributed by atoms with Gasteiger partial charge in [0.1, 0.15) is 11.4 Å². The maximum Gasteiger partial charge on any atom is 0.343 e. The van der Waals surface area contributed by atoms with E-state index in [-0.39, 0.29) is 27.0 Å². The zero-order valence-corrected chi connectivity index (χ0v) is 17.3. The quantitative estimate of drug-likeness (QED) is 0.411. The third-order valence-corrected chi connectivity index (χ3v) is 4.62. The zero-order valence-electron chi connectivity index (χ0n) is 15.8. The largest absolute Gasteiger partial charge is 0.479 e. The van der Waals surface area contributed by atoms with E-state index in [0.29, 0.717) is 4.90 Å². The van der Waals surface area contributed by atoms with E-state index in [9.17, 15) is 23.6 Å². The van der Waals surface area contributed by atoms with Crippen molar-refractivity contribution in [3.8, 4) is 5.75 Å². The van der Waals surface area contributed by atoms with Crippen LogP contribution in [0.1, 0.15) is 5.56 Å². The van der Waals surface area contributed by atoms with E-state index in [4.69, 9.17) is 27.9 Å². The van der Waals surface area contributed by atoms with Gasteiger partial charge in [-0.2, -0.15) is 0 Å².